The van der Waals surface area contributed by atoms with Crippen LogP contribution in [0.25, 0.3) is 10.9 Å². The Morgan fingerprint density at radius 1 is 1.32 bits per heavy atom. The fourth-order valence-electron chi connectivity index (χ4n) is 3.86. The van der Waals surface area contributed by atoms with Gasteiger partial charge in [-0.05, 0) is 37.0 Å². The number of rotatable bonds is 3. The van der Waals surface area contributed by atoms with E-state index in [0.29, 0.717) is 12.5 Å². The van der Waals surface area contributed by atoms with Gasteiger partial charge < -0.3 is 9.97 Å². The number of aryl methyl sites for hydroxylation is 1. The first-order valence-electron chi connectivity index (χ1n) is 9.08. The molecule has 0 unspecified atom stereocenters. The predicted octanol–water partition coefficient (Wildman–Crippen LogP) is 3.00. The molecule has 0 radical (unpaired) electrons. The molecule has 0 amide bonds. The third-order valence-electron chi connectivity index (χ3n) is 5.45. The largest absolute Gasteiger partial charge is 0.361 e. The van der Waals surface area contributed by atoms with Crippen molar-refractivity contribution in [2.75, 3.05) is 6.54 Å². The molecule has 0 spiro atoms. The fraction of sp³-hybridized carbons (Fsp3) is 0.400. The minimum absolute atomic E-state index is 0.0613. The molecule has 25 heavy (non-hydrogen) atoms. The molecule has 2 N–H and O–H groups in total. The predicted molar refractivity (Wildman–Crippen MR) is 97.7 cm³/mol. The van der Waals surface area contributed by atoms with E-state index in [1.165, 1.54) is 22.0 Å². The van der Waals surface area contributed by atoms with Crippen LogP contribution in [-0.2, 0) is 19.5 Å². The Hall–Kier alpha value is -2.40. The van der Waals surface area contributed by atoms with Crippen LogP contribution in [0.2, 0.25) is 0 Å². The highest BCUT2D eigenvalue weighted by atomic mass is 16.1. The van der Waals surface area contributed by atoms with Crippen molar-refractivity contribution in [3.63, 3.8) is 0 Å². The molecular weight excluding hydrogens is 312 g/mol. The molecule has 128 valence electrons. The van der Waals surface area contributed by atoms with Crippen molar-refractivity contribution in [2.45, 2.75) is 45.2 Å². The van der Waals surface area contributed by atoms with Gasteiger partial charge in [0.25, 0.3) is 5.56 Å². The molecule has 5 rings (SSSR count). The van der Waals surface area contributed by atoms with Gasteiger partial charge in [-0.2, -0.15) is 0 Å². The molecule has 5 nitrogen and oxygen atoms in total. The van der Waals surface area contributed by atoms with Crippen LogP contribution in [0.3, 0.4) is 0 Å². The van der Waals surface area contributed by atoms with E-state index >= 15 is 0 Å². The second-order valence-electron chi connectivity index (χ2n) is 7.47. The molecule has 3 heterocycles. The highest BCUT2D eigenvalue weighted by molar-refractivity contribution is 5.83. The third kappa shape index (κ3) is 2.68. The Balaban J connectivity index is 1.41. The first kappa shape index (κ1) is 14.9. The van der Waals surface area contributed by atoms with E-state index in [0.717, 1.165) is 49.4 Å². The SMILES string of the molecule is Cc1ccc2c(CN3CCc4nc(C5CC5)[nH]c(=O)c4C3)c[nH]c2c1. The summed E-state index contributed by atoms with van der Waals surface area (Å²) >= 11 is 0. The maximum absolute atomic E-state index is 12.5. The Bertz CT molecular complexity index is 1010. The number of fused-ring (bicyclic) bond motifs is 2. The number of nitrogens with one attached hydrogen (secondary N) is 2. The second kappa shape index (κ2) is 5.56. The van der Waals surface area contributed by atoms with Crippen LogP contribution in [0, 0.1) is 6.92 Å². The van der Waals surface area contributed by atoms with E-state index in [1.807, 2.05) is 0 Å². The lowest BCUT2D eigenvalue weighted by molar-refractivity contribution is 0.242. The average Bonchev–Trinajstić information content (AvgIpc) is 3.38. The maximum Gasteiger partial charge on any atom is 0.255 e. The quantitative estimate of drug-likeness (QED) is 0.774. The lowest BCUT2D eigenvalue weighted by Gasteiger charge is -2.27. The summed E-state index contributed by atoms with van der Waals surface area (Å²) in [6.07, 6.45) is 5.28. The van der Waals surface area contributed by atoms with Gasteiger partial charge in [0.1, 0.15) is 5.82 Å². The van der Waals surface area contributed by atoms with E-state index in [1.54, 1.807) is 0 Å². The first-order chi connectivity index (χ1) is 12.2. The van der Waals surface area contributed by atoms with Crippen molar-refractivity contribution in [1.82, 2.24) is 19.9 Å². The number of hydrogen-bond donors (Lipinski definition) is 2. The van der Waals surface area contributed by atoms with Gasteiger partial charge in [0, 0.05) is 49.1 Å². The van der Waals surface area contributed by atoms with Crippen LogP contribution in [0.1, 0.15) is 47.0 Å². The van der Waals surface area contributed by atoms with Gasteiger partial charge in [0.05, 0.1) is 11.3 Å². The molecule has 3 aromatic rings. The smallest absolute Gasteiger partial charge is 0.255 e. The van der Waals surface area contributed by atoms with Crippen molar-refractivity contribution >= 4 is 10.9 Å². The van der Waals surface area contributed by atoms with Gasteiger partial charge in [0.2, 0.25) is 0 Å². The molecule has 5 heteroatoms. The van der Waals surface area contributed by atoms with Crippen molar-refractivity contribution in [1.29, 1.82) is 0 Å². The second-order valence-corrected chi connectivity index (χ2v) is 7.47. The number of aromatic amines is 2. The Labute approximate surface area is 146 Å². The van der Waals surface area contributed by atoms with Gasteiger partial charge in [0.15, 0.2) is 0 Å². The lowest BCUT2D eigenvalue weighted by atomic mass is 10.1. The molecule has 1 aliphatic carbocycles. The van der Waals surface area contributed by atoms with Gasteiger partial charge in [-0.3, -0.25) is 9.69 Å². The molecule has 0 saturated heterocycles. The summed E-state index contributed by atoms with van der Waals surface area (Å²) in [5.74, 6) is 1.40. The zero-order chi connectivity index (χ0) is 17.0. The van der Waals surface area contributed by atoms with E-state index in [2.05, 4.69) is 46.2 Å². The Kier molecular flexibility index (Phi) is 3.31. The van der Waals surface area contributed by atoms with Crippen LogP contribution in [0.5, 0.6) is 0 Å². The summed E-state index contributed by atoms with van der Waals surface area (Å²) in [6, 6.07) is 6.52. The number of hydrogen-bond acceptors (Lipinski definition) is 3. The van der Waals surface area contributed by atoms with Crippen LogP contribution >= 0.6 is 0 Å². The van der Waals surface area contributed by atoms with Crippen molar-refractivity contribution in [3.8, 4) is 0 Å². The van der Waals surface area contributed by atoms with E-state index in [4.69, 9.17) is 4.98 Å². The summed E-state index contributed by atoms with van der Waals surface area (Å²) < 4.78 is 0. The number of aromatic nitrogens is 3. The van der Waals surface area contributed by atoms with Crippen LogP contribution in [-0.4, -0.2) is 26.4 Å². The molecule has 1 aliphatic heterocycles. The lowest BCUT2D eigenvalue weighted by Crippen LogP contribution is -2.35. The zero-order valence-corrected chi connectivity index (χ0v) is 14.4. The van der Waals surface area contributed by atoms with E-state index < -0.39 is 0 Å². The van der Waals surface area contributed by atoms with E-state index in [-0.39, 0.29) is 5.56 Å². The molecule has 2 aliphatic rings. The van der Waals surface area contributed by atoms with Crippen molar-refractivity contribution in [3.05, 3.63) is 63.0 Å². The summed E-state index contributed by atoms with van der Waals surface area (Å²) in [5, 5.41) is 1.27. The molecule has 1 aromatic carbocycles. The molecule has 0 bridgehead atoms. The van der Waals surface area contributed by atoms with Gasteiger partial charge in [-0.1, -0.05) is 12.1 Å². The average molecular weight is 334 g/mol. The zero-order valence-electron chi connectivity index (χ0n) is 14.4. The maximum atomic E-state index is 12.5. The number of H-pyrrole nitrogens is 2. The normalized spacial score (nSPS) is 17.8. The van der Waals surface area contributed by atoms with Gasteiger partial charge in [-0.15, -0.1) is 0 Å². The van der Waals surface area contributed by atoms with Gasteiger partial charge >= 0.3 is 0 Å². The molecule has 1 saturated carbocycles. The standard InChI is InChI=1S/C20H22N4O/c1-12-2-5-15-14(9-21-18(15)8-12)10-24-7-6-17-16(11-24)20(25)23-19(22-17)13-3-4-13/h2,5,8-9,13,21H,3-4,6-7,10-11H2,1H3,(H,22,23,25). The third-order valence-corrected chi connectivity index (χ3v) is 5.45. The Morgan fingerprint density at radius 2 is 2.20 bits per heavy atom. The highest BCUT2D eigenvalue weighted by Gasteiger charge is 2.29. The minimum atomic E-state index is 0.0613. The molecule has 2 aromatic heterocycles. The molecular formula is C20H22N4O. The molecule has 0 atom stereocenters. The minimum Gasteiger partial charge on any atom is -0.361 e. The number of benzene rings is 1. The van der Waals surface area contributed by atoms with Gasteiger partial charge in [-0.25, -0.2) is 4.98 Å². The van der Waals surface area contributed by atoms with E-state index in [9.17, 15) is 4.79 Å². The summed E-state index contributed by atoms with van der Waals surface area (Å²) in [5.41, 5.74) is 5.66. The van der Waals surface area contributed by atoms with Crippen LogP contribution in [0.15, 0.2) is 29.2 Å². The number of nitrogens with zero attached hydrogens (tertiary/aromatic N) is 2. The summed E-state index contributed by atoms with van der Waals surface area (Å²) in [4.78, 5) is 26.0. The van der Waals surface area contributed by atoms with Crippen LogP contribution in [0.4, 0.5) is 0 Å². The topological polar surface area (TPSA) is 64.8 Å². The fourth-order valence-corrected chi connectivity index (χ4v) is 3.86. The van der Waals surface area contributed by atoms with Crippen LogP contribution < -0.4 is 5.56 Å². The first-order valence-corrected chi connectivity index (χ1v) is 9.08. The van der Waals surface area contributed by atoms with Crippen molar-refractivity contribution < 1.29 is 0 Å². The summed E-state index contributed by atoms with van der Waals surface area (Å²) in [7, 11) is 0. The summed E-state index contributed by atoms with van der Waals surface area (Å²) in [6.45, 7) is 4.59. The highest BCUT2D eigenvalue weighted by Crippen LogP contribution is 2.37. The monoisotopic (exact) mass is 334 g/mol. The van der Waals surface area contributed by atoms with Crippen molar-refractivity contribution in [2.24, 2.45) is 0 Å². The Morgan fingerprint density at radius 3 is 3.04 bits per heavy atom. The molecule has 1 fully saturated rings.